The lowest BCUT2D eigenvalue weighted by Gasteiger charge is -2.11. The zero-order valence-corrected chi connectivity index (χ0v) is 14.6. The Morgan fingerprint density at radius 2 is 1.65 bits per heavy atom. The highest BCUT2D eigenvalue weighted by Crippen LogP contribution is 2.30. The molecule has 8 nitrogen and oxygen atoms in total. The van der Waals surface area contributed by atoms with Gasteiger partial charge in [0.2, 0.25) is 0 Å². The van der Waals surface area contributed by atoms with Crippen LogP contribution in [0.1, 0.15) is 10.4 Å². The molecule has 0 fully saturated rings. The van der Waals surface area contributed by atoms with Gasteiger partial charge in [0.1, 0.15) is 5.56 Å². The van der Waals surface area contributed by atoms with E-state index in [1.807, 2.05) is 0 Å². The number of rotatable bonds is 7. The second-order valence-corrected chi connectivity index (χ2v) is 5.05. The van der Waals surface area contributed by atoms with Crippen LogP contribution in [0.15, 0.2) is 36.4 Å². The lowest BCUT2D eigenvalue weighted by Crippen LogP contribution is -2.21. The topological polar surface area (TPSA) is 103 Å². The van der Waals surface area contributed by atoms with Crippen LogP contribution >= 0.6 is 0 Å². The summed E-state index contributed by atoms with van der Waals surface area (Å²) in [6.07, 6.45) is 0. The number of phenols is 1. The quantitative estimate of drug-likeness (QED) is 0.729. The molecule has 2 aromatic carbocycles. The standard InChI is InChI=1S/C18H19NO7/c1-23-13-8-7-11(9-15(13)25-3)19-16(20)10-26-18(22)12-5-4-6-14(24-2)17(12)21/h4-9,21H,10H2,1-3H3,(H,19,20). The van der Waals surface area contributed by atoms with E-state index >= 15 is 0 Å². The van der Waals surface area contributed by atoms with Gasteiger partial charge in [0.15, 0.2) is 29.6 Å². The van der Waals surface area contributed by atoms with Crippen molar-refractivity contribution < 1.29 is 33.6 Å². The van der Waals surface area contributed by atoms with Crippen molar-refractivity contribution in [2.45, 2.75) is 0 Å². The maximum Gasteiger partial charge on any atom is 0.342 e. The van der Waals surface area contributed by atoms with Crippen molar-refractivity contribution in [1.82, 2.24) is 0 Å². The van der Waals surface area contributed by atoms with Crippen LogP contribution in [0.3, 0.4) is 0 Å². The number of nitrogens with one attached hydrogen (secondary N) is 1. The first-order valence-corrected chi connectivity index (χ1v) is 7.55. The van der Waals surface area contributed by atoms with Crippen LogP contribution in [-0.2, 0) is 9.53 Å². The number of benzene rings is 2. The Morgan fingerprint density at radius 1 is 0.962 bits per heavy atom. The van der Waals surface area contributed by atoms with Crippen LogP contribution < -0.4 is 19.5 Å². The van der Waals surface area contributed by atoms with Gasteiger partial charge in [-0.25, -0.2) is 4.79 Å². The molecule has 0 heterocycles. The van der Waals surface area contributed by atoms with Crippen molar-refractivity contribution in [2.75, 3.05) is 33.3 Å². The third-order valence-electron chi connectivity index (χ3n) is 3.44. The fourth-order valence-electron chi connectivity index (χ4n) is 2.17. The fraction of sp³-hybridized carbons (Fsp3) is 0.222. The van der Waals surface area contributed by atoms with Crippen molar-refractivity contribution in [3.8, 4) is 23.0 Å². The normalized spacial score (nSPS) is 9.96. The minimum Gasteiger partial charge on any atom is -0.504 e. The number of aromatic hydroxyl groups is 1. The first kappa shape index (κ1) is 18.9. The maximum atomic E-state index is 12.0. The molecule has 138 valence electrons. The number of ether oxygens (including phenoxy) is 4. The Morgan fingerprint density at radius 3 is 2.31 bits per heavy atom. The first-order chi connectivity index (χ1) is 12.5. The molecule has 0 bridgehead atoms. The van der Waals surface area contributed by atoms with Crippen molar-refractivity contribution in [3.63, 3.8) is 0 Å². The maximum absolute atomic E-state index is 12.0. The molecule has 0 aliphatic carbocycles. The monoisotopic (exact) mass is 361 g/mol. The predicted octanol–water partition coefficient (Wildman–Crippen LogP) is 2.21. The Balaban J connectivity index is 1.98. The van der Waals surface area contributed by atoms with Gasteiger partial charge < -0.3 is 29.4 Å². The SMILES string of the molecule is COc1ccc(NC(=O)COC(=O)c2cccc(OC)c2O)cc1OC. The van der Waals surface area contributed by atoms with Gasteiger partial charge in [-0.15, -0.1) is 0 Å². The zero-order valence-electron chi connectivity index (χ0n) is 14.6. The molecule has 2 aromatic rings. The molecule has 0 atom stereocenters. The molecular weight excluding hydrogens is 342 g/mol. The van der Waals surface area contributed by atoms with Crippen LogP contribution in [-0.4, -0.2) is 44.9 Å². The molecule has 2 rings (SSSR count). The molecule has 8 heteroatoms. The highest BCUT2D eigenvalue weighted by atomic mass is 16.5. The summed E-state index contributed by atoms with van der Waals surface area (Å²) in [5, 5.41) is 12.5. The summed E-state index contributed by atoms with van der Waals surface area (Å²) in [7, 11) is 4.34. The van der Waals surface area contributed by atoms with E-state index in [9.17, 15) is 14.7 Å². The summed E-state index contributed by atoms with van der Waals surface area (Å²) in [4.78, 5) is 24.0. The van der Waals surface area contributed by atoms with E-state index in [0.29, 0.717) is 17.2 Å². The van der Waals surface area contributed by atoms with Crippen LogP contribution in [0.2, 0.25) is 0 Å². The van der Waals surface area contributed by atoms with Crippen molar-refractivity contribution in [2.24, 2.45) is 0 Å². The summed E-state index contributed by atoms with van der Waals surface area (Å²) in [6.45, 7) is -0.524. The fourth-order valence-corrected chi connectivity index (χ4v) is 2.17. The lowest BCUT2D eigenvalue weighted by molar-refractivity contribution is -0.119. The lowest BCUT2D eigenvalue weighted by atomic mass is 10.2. The smallest absolute Gasteiger partial charge is 0.342 e. The molecular formula is C18H19NO7. The Bertz CT molecular complexity index is 804. The van der Waals surface area contributed by atoms with E-state index in [-0.39, 0.29) is 17.1 Å². The number of hydrogen-bond acceptors (Lipinski definition) is 7. The van der Waals surface area contributed by atoms with Crippen LogP contribution in [0.25, 0.3) is 0 Å². The molecule has 1 amide bonds. The molecule has 0 aliphatic heterocycles. The largest absolute Gasteiger partial charge is 0.504 e. The van der Waals surface area contributed by atoms with E-state index in [2.05, 4.69) is 5.32 Å². The van der Waals surface area contributed by atoms with E-state index < -0.39 is 18.5 Å². The minimum absolute atomic E-state index is 0.0942. The number of carbonyl (C=O) groups is 2. The molecule has 0 aliphatic rings. The average molecular weight is 361 g/mol. The number of hydrogen-bond donors (Lipinski definition) is 2. The van der Waals surface area contributed by atoms with Gasteiger partial charge in [0, 0.05) is 11.8 Å². The average Bonchev–Trinajstić information content (AvgIpc) is 2.66. The zero-order chi connectivity index (χ0) is 19.1. The molecule has 0 aromatic heterocycles. The predicted molar refractivity (Wildman–Crippen MR) is 93.1 cm³/mol. The second kappa shape index (κ2) is 8.61. The van der Waals surface area contributed by atoms with Crippen LogP contribution in [0.5, 0.6) is 23.0 Å². The minimum atomic E-state index is -0.844. The molecule has 0 saturated heterocycles. The van der Waals surface area contributed by atoms with Crippen LogP contribution in [0, 0.1) is 0 Å². The third-order valence-corrected chi connectivity index (χ3v) is 3.44. The summed E-state index contributed by atoms with van der Waals surface area (Å²) in [5.74, 6) is -0.639. The Kier molecular flexibility index (Phi) is 6.26. The van der Waals surface area contributed by atoms with Gasteiger partial charge in [0.05, 0.1) is 21.3 Å². The molecule has 0 saturated carbocycles. The number of methoxy groups -OCH3 is 3. The number of amides is 1. The Hall–Kier alpha value is -3.42. The number of anilines is 1. The van der Waals surface area contributed by atoms with Gasteiger partial charge >= 0.3 is 5.97 Å². The molecule has 0 radical (unpaired) electrons. The summed E-state index contributed by atoms with van der Waals surface area (Å²) >= 11 is 0. The highest BCUT2D eigenvalue weighted by molar-refractivity contribution is 5.97. The molecule has 0 spiro atoms. The van der Waals surface area contributed by atoms with Crippen molar-refractivity contribution in [1.29, 1.82) is 0 Å². The van der Waals surface area contributed by atoms with Gasteiger partial charge in [0.25, 0.3) is 5.91 Å². The summed E-state index contributed by atoms with van der Waals surface area (Å²) in [6, 6.07) is 9.22. The number of carbonyl (C=O) groups excluding carboxylic acids is 2. The number of esters is 1. The van der Waals surface area contributed by atoms with Crippen molar-refractivity contribution >= 4 is 17.6 Å². The van der Waals surface area contributed by atoms with Gasteiger partial charge in [-0.05, 0) is 24.3 Å². The van der Waals surface area contributed by atoms with Gasteiger partial charge in [-0.1, -0.05) is 6.07 Å². The Labute approximate surface area is 150 Å². The first-order valence-electron chi connectivity index (χ1n) is 7.55. The van der Waals surface area contributed by atoms with Crippen LogP contribution in [0.4, 0.5) is 5.69 Å². The number of phenolic OH excluding ortho intramolecular Hbond substituents is 1. The number of para-hydroxylation sites is 1. The second-order valence-electron chi connectivity index (χ2n) is 5.05. The van der Waals surface area contributed by atoms with Gasteiger partial charge in [-0.2, -0.15) is 0 Å². The van der Waals surface area contributed by atoms with E-state index in [0.717, 1.165) is 0 Å². The van der Waals surface area contributed by atoms with E-state index in [1.54, 1.807) is 18.2 Å². The molecule has 26 heavy (non-hydrogen) atoms. The van der Waals surface area contributed by atoms with Crippen molar-refractivity contribution in [3.05, 3.63) is 42.0 Å². The summed E-state index contributed by atoms with van der Waals surface area (Å²) in [5.41, 5.74) is 0.358. The van der Waals surface area contributed by atoms with E-state index in [4.69, 9.17) is 18.9 Å². The summed E-state index contributed by atoms with van der Waals surface area (Å²) < 4.78 is 20.1. The highest BCUT2D eigenvalue weighted by Gasteiger charge is 2.17. The van der Waals surface area contributed by atoms with E-state index in [1.165, 1.54) is 39.5 Å². The molecule has 0 unspecified atom stereocenters. The third kappa shape index (κ3) is 4.35. The van der Waals surface area contributed by atoms with Gasteiger partial charge in [-0.3, -0.25) is 4.79 Å². The molecule has 2 N–H and O–H groups in total.